The van der Waals surface area contributed by atoms with Crippen LogP contribution in [0, 0.1) is 13.8 Å². The number of amides is 1. The van der Waals surface area contributed by atoms with Crippen LogP contribution in [0.15, 0.2) is 89.6 Å². The van der Waals surface area contributed by atoms with E-state index in [0.717, 1.165) is 44.9 Å². The van der Waals surface area contributed by atoms with E-state index in [1.165, 1.54) is 0 Å². The van der Waals surface area contributed by atoms with E-state index in [-0.39, 0.29) is 5.91 Å². The molecule has 3 heterocycles. The summed E-state index contributed by atoms with van der Waals surface area (Å²) in [5.41, 5.74) is 7.98. The molecule has 0 atom stereocenters. The van der Waals surface area contributed by atoms with Crippen molar-refractivity contribution >= 4 is 22.7 Å². The minimum absolute atomic E-state index is 0.216. The summed E-state index contributed by atoms with van der Waals surface area (Å²) in [5.74, 6) is 0.286. The number of oxazole rings is 1. The van der Waals surface area contributed by atoms with Gasteiger partial charge in [0.05, 0.1) is 40.6 Å². The Balaban J connectivity index is 1.23. The standard InChI is InChI=1S/C28H22N6O2/c1-17-8-13-25-24(14-17)32-28(36-25)23-15-29-33-26(23)19-9-11-20(12-10-19)31-27(35)22-16-30-34(18(22)2)21-6-4-3-5-7-21/h3-16H,1-2H3,(H,29,33)(H,31,35). The van der Waals surface area contributed by atoms with E-state index < -0.39 is 0 Å². The maximum atomic E-state index is 12.9. The number of fused-ring (bicyclic) bond motifs is 1. The molecule has 0 saturated carbocycles. The molecule has 0 radical (unpaired) electrons. The minimum atomic E-state index is -0.216. The van der Waals surface area contributed by atoms with Crippen LogP contribution >= 0.6 is 0 Å². The number of aryl methyl sites for hydroxylation is 1. The molecule has 0 bridgehead atoms. The van der Waals surface area contributed by atoms with E-state index in [2.05, 4.69) is 25.6 Å². The number of rotatable bonds is 5. The number of hydrogen-bond donors (Lipinski definition) is 2. The highest BCUT2D eigenvalue weighted by atomic mass is 16.3. The predicted molar refractivity (Wildman–Crippen MR) is 138 cm³/mol. The monoisotopic (exact) mass is 474 g/mol. The molecule has 0 saturated heterocycles. The number of nitrogens with zero attached hydrogens (tertiary/aromatic N) is 4. The third-order valence-electron chi connectivity index (χ3n) is 6.10. The van der Waals surface area contributed by atoms with Gasteiger partial charge in [-0.3, -0.25) is 9.89 Å². The van der Waals surface area contributed by atoms with Gasteiger partial charge in [0.1, 0.15) is 5.52 Å². The lowest BCUT2D eigenvalue weighted by atomic mass is 10.1. The zero-order valence-corrected chi connectivity index (χ0v) is 19.7. The van der Waals surface area contributed by atoms with E-state index in [0.29, 0.717) is 17.1 Å². The largest absolute Gasteiger partial charge is 0.436 e. The van der Waals surface area contributed by atoms with Crippen LogP contribution < -0.4 is 5.32 Å². The van der Waals surface area contributed by atoms with Crippen molar-refractivity contribution in [3.63, 3.8) is 0 Å². The third kappa shape index (κ3) is 3.84. The number of H-pyrrole nitrogens is 1. The minimum Gasteiger partial charge on any atom is -0.436 e. The van der Waals surface area contributed by atoms with Crippen LogP contribution in [0.3, 0.4) is 0 Å². The second kappa shape index (κ2) is 8.66. The first kappa shape index (κ1) is 21.5. The molecule has 6 rings (SSSR count). The maximum Gasteiger partial charge on any atom is 0.259 e. The number of nitrogens with one attached hydrogen (secondary N) is 2. The van der Waals surface area contributed by atoms with E-state index in [4.69, 9.17) is 4.42 Å². The van der Waals surface area contributed by atoms with Gasteiger partial charge in [-0.15, -0.1) is 0 Å². The fourth-order valence-electron chi connectivity index (χ4n) is 4.20. The number of benzene rings is 3. The lowest BCUT2D eigenvalue weighted by molar-refractivity contribution is 0.102. The average Bonchev–Trinajstić information content (AvgIpc) is 3.62. The smallest absolute Gasteiger partial charge is 0.259 e. The Hall–Kier alpha value is -4.98. The molecule has 2 N–H and O–H groups in total. The lowest BCUT2D eigenvalue weighted by Gasteiger charge is -2.08. The van der Waals surface area contributed by atoms with E-state index in [1.807, 2.05) is 86.6 Å². The van der Waals surface area contributed by atoms with Gasteiger partial charge in [0.25, 0.3) is 5.91 Å². The van der Waals surface area contributed by atoms with Crippen molar-refractivity contribution < 1.29 is 9.21 Å². The summed E-state index contributed by atoms with van der Waals surface area (Å²) in [7, 11) is 0. The molecule has 8 nitrogen and oxygen atoms in total. The Morgan fingerprint density at radius 1 is 0.972 bits per heavy atom. The predicted octanol–water partition coefficient (Wildman–Crippen LogP) is 5.94. The van der Waals surface area contributed by atoms with Crippen molar-refractivity contribution in [2.24, 2.45) is 0 Å². The van der Waals surface area contributed by atoms with Gasteiger partial charge in [-0.1, -0.05) is 36.4 Å². The van der Waals surface area contributed by atoms with Crippen molar-refractivity contribution in [1.29, 1.82) is 0 Å². The molecule has 0 aliphatic rings. The summed E-state index contributed by atoms with van der Waals surface area (Å²) in [5, 5.41) is 14.6. The normalized spacial score (nSPS) is 11.2. The van der Waals surface area contributed by atoms with Crippen molar-refractivity contribution in [3.05, 3.63) is 102 Å². The highest BCUT2D eigenvalue weighted by Crippen LogP contribution is 2.32. The molecule has 0 aliphatic heterocycles. The highest BCUT2D eigenvalue weighted by Gasteiger charge is 2.18. The molecular weight excluding hydrogens is 452 g/mol. The second-order valence-electron chi connectivity index (χ2n) is 8.57. The maximum absolute atomic E-state index is 12.9. The zero-order valence-electron chi connectivity index (χ0n) is 19.7. The Labute approximate surface area is 206 Å². The molecule has 3 aromatic heterocycles. The fraction of sp³-hybridized carbons (Fsp3) is 0.0714. The fourth-order valence-corrected chi connectivity index (χ4v) is 4.20. The summed E-state index contributed by atoms with van der Waals surface area (Å²) >= 11 is 0. The van der Waals surface area contributed by atoms with Crippen LogP contribution in [0.5, 0.6) is 0 Å². The van der Waals surface area contributed by atoms with E-state index in [9.17, 15) is 4.79 Å². The number of aromatic amines is 1. The summed E-state index contributed by atoms with van der Waals surface area (Å²) in [4.78, 5) is 17.6. The molecule has 0 spiro atoms. The molecule has 8 heteroatoms. The van der Waals surface area contributed by atoms with E-state index in [1.54, 1.807) is 17.1 Å². The summed E-state index contributed by atoms with van der Waals surface area (Å²) in [6.45, 7) is 3.90. The number of anilines is 1. The van der Waals surface area contributed by atoms with Gasteiger partial charge in [-0.05, 0) is 55.8 Å². The van der Waals surface area contributed by atoms with Crippen LogP contribution in [-0.4, -0.2) is 30.9 Å². The lowest BCUT2D eigenvalue weighted by Crippen LogP contribution is -2.13. The molecular formula is C28H22N6O2. The third-order valence-corrected chi connectivity index (χ3v) is 6.10. The molecule has 1 amide bonds. The molecule has 176 valence electrons. The summed E-state index contributed by atoms with van der Waals surface area (Å²) in [6, 6.07) is 23.2. The molecule has 3 aromatic carbocycles. The Kier molecular flexibility index (Phi) is 5.19. The highest BCUT2D eigenvalue weighted by molar-refractivity contribution is 6.05. The topological polar surface area (TPSA) is 102 Å². The second-order valence-corrected chi connectivity index (χ2v) is 8.57. The van der Waals surface area contributed by atoms with Crippen molar-refractivity contribution in [1.82, 2.24) is 25.0 Å². The van der Waals surface area contributed by atoms with Gasteiger partial charge in [0.2, 0.25) is 5.89 Å². The molecule has 0 aliphatic carbocycles. The van der Waals surface area contributed by atoms with Crippen LogP contribution in [0.1, 0.15) is 21.6 Å². The van der Waals surface area contributed by atoms with Gasteiger partial charge < -0.3 is 9.73 Å². The number of para-hydroxylation sites is 1. The van der Waals surface area contributed by atoms with Gasteiger partial charge in [-0.25, -0.2) is 9.67 Å². The van der Waals surface area contributed by atoms with Crippen molar-refractivity contribution in [2.75, 3.05) is 5.32 Å². The number of aromatic nitrogens is 5. The van der Waals surface area contributed by atoms with Gasteiger partial charge >= 0.3 is 0 Å². The SMILES string of the molecule is Cc1ccc2oc(-c3cn[nH]c3-c3ccc(NC(=O)c4cnn(-c5ccccc5)c4C)cc3)nc2c1. The van der Waals surface area contributed by atoms with E-state index >= 15 is 0 Å². The van der Waals surface area contributed by atoms with Gasteiger partial charge in [0, 0.05) is 11.3 Å². The number of carbonyl (C=O) groups excluding carboxylic acids is 1. The average molecular weight is 475 g/mol. The van der Waals surface area contributed by atoms with Crippen LogP contribution in [0.25, 0.3) is 39.5 Å². The Morgan fingerprint density at radius 3 is 2.58 bits per heavy atom. The van der Waals surface area contributed by atoms with Crippen LogP contribution in [0.4, 0.5) is 5.69 Å². The Bertz CT molecular complexity index is 1690. The first-order valence-corrected chi connectivity index (χ1v) is 11.5. The van der Waals surface area contributed by atoms with Gasteiger partial charge in [0.15, 0.2) is 5.58 Å². The molecule has 0 fully saturated rings. The molecule has 6 aromatic rings. The van der Waals surface area contributed by atoms with Crippen LogP contribution in [-0.2, 0) is 0 Å². The molecule has 36 heavy (non-hydrogen) atoms. The number of hydrogen-bond acceptors (Lipinski definition) is 5. The Morgan fingerprint density at radius 2 is 1.78 bits per heavy atom. The summed E-state index contributed by atoms with van der Waals surface area (Å²) < 4.78 is 7.72. The number of carbonyl (C=O) groups is 1. The first-order valence-electron chi connectivity index (χ1n) is 11.5. The van der Waals surface area contributed by atoms with Crippen molar-refractivity contribution in [2.45, 2.75) is 13.8 Å². The molecule has 0 unspecified atom stereocenters. The van der Waals surface area contributed by atoms with Gasteiger partial charge in [-0.2, -0.15) is 10.2 Å². The zero-order chi connectivity index (χ0) is 24.6. The van der Waals surface area contributed by atoms with Crippen LogP contribution in [0.2, 0.25) is 0 Å². The first-order chi connectivity index (χ1) is 17.6. The van der Waals surface area contributed by atoms with Crippen molar-refractivity contribution in [3.8, 4) is 28.4 Å². The summed E-state index contributed by atoms with van der Waals surface area (Å²) in [6.07, 6.45) is 3.29. The quantitative estimate of drug-likeness (QED) is 0.322.